The van der Waals surface area contributed by atoms with Crippen LogP contribution in [-0.4, -0.2) is 17.7 Å². The topological polar surface area (TPSA) is 55.2 Å². The quantitative estimate of drug-likeness (QED) is 0.630. The van der Waals surface area contributed by atoms with E-state index in [1.54, 1.807) is 13.1 Å². The van der Waals surface area contributed by atoms with Gasteiger partial charge in [0.15, 0.2) is 0 Å². The molecule has 2 rings (SSSR count). The van der Waals surface area contributed by atoms with Crippen molar-refractivity contribution in [1.29, 1.82) is 0 Å². The maximum Gasteiger partial charge on any atom is 0.292 e. The Bertz CT molecular complexity index is 445. The summed E-state index contributed by atoms with van der Waals surface area (Å²) < 4.78 is 0. The van der Waals surface area contributed by atoms with Crippen LogP contribution in [0.5, 0.6) is 0 Å². The molecule has 104 valence electrons. The highest BCUT2D eigenvalue weighted by Crippen LogP contribution is 2.30. The number of hydrogen-bond acceptors (Lipinski definition) is 4. The Morgan fingerprint density at radius 3 is 2.79 bits per heavy atom. The molecule has 0 aliphatic heterocycles. The van der Waals surface area contributed by atoms with Crippen LogP contribution in [0.15, 0.2) is 18.2 Å². The maximum absolute atomic E-state index is 10.8. The second kappa shape index (κ2) is 6.80. The molecule has 0 amide bonds. The number of nitrogens with one attached hydrogen (secondary N) is 1. The Morgan fingerprint density at radius 1 is 1.42 bits per heavy atom. The van der Waals surface area contributed by atoms with Gasteiger partial charge in [-0.05, 0) is 36.1 Å². The maximum atomic E-state index is 10.8. The number of nitro groups is 1. The summed E-state index contributed by atoms with van der Waals surface area (Å²) in [6, 6.07) is 5.34. The van der Waals surface area contributed by atoms with Crippen LogP contribution < -0.4 is 5.32 Å². The van der Waals surface area contributed by atoms with Gasteiger partial charge in [-0.25, -0.2) is 0 Å². The fraction of sp³-hybridized carbons (Fsp3) is 0.571. The molecule has 1 saturated carbocycles. The Balaban J connectivity index is 1.91. The lowest BCUT2D eigenvalue weighted by atomic mass is 10.1. The molecular formula is C14H20N2O2S. The Kier molecular flexibility index (Phi) is 5.07. The van der Waals surface area contributed by atoms with Gasteiger partial charge in [-0.1, -0.05) is 18.9 Å². The average molecular weight is 280 g/mol. The molecule has 1 aromatic rings. The van der Waals surface area contributed by atoms with Crippen LogP contribution >= 0.6 is 11.8 Å². The molecule has 5 heteroatoms. The first-order chi connectivity index (χ1) is 9.20. The minimum absolute atomic E-state index is 0.145. The second-order valence-corrected chi connectivity index (χ2v) is 6.05. The zero-order valence-electron chi connectivity index (χ0n) is 11.2. The molecule has 0 unspecified atom stereocenters. The van der Waals surface area contributed by atoms with E-state index >= 15 is 0 Å². The van der Waals surface area contributed by atoms with E-state index in [1.165, 1.54) is 31.4 Å². The predicted octanol–water partition coefficient (Wildman–Crippen LogP) is 4.06. The van der Waals surface area contributed by atoms with Crippen LogP contribution in [0.1, 0.15) is 31.2 Å². The van der Waals surface area contributed by atoms with E-state index in [1.807, 2.05) is 23.9 Å². The molecular weight excluding hydrogens is 260 g/mol. The SMILES string of the molecule is CNc1cc(CSCC2CCCC2)ccc1[N+](=O)[O-]. The number of hydrogen-bond donors (Lipinski definition) is 1. The van der Waals surface area contributed by atoms with Gasteiger partial charge >= 0.3 is 0 Å². The third kappa shape index (κ3) is 3.86. The van der Waals surface area contributed by atoms with Gasteiger partial charge in [0.2, 0.25) is 0 Å². The zero-order valence-corrected chi connectivity index (χ0v) is 12.0. The normalized spacial score (nSPS) is 15.6. The Hall–Kier alpha value is -1.23. The van der Waals surface area contributed by atoms with Crippen molar-refractivity contribution in [1.82, 2.24) is 0 Å². The molecule has 1 aliphatic rings. The third-order valence-electron chi connectivity index (χ3n) is 3.62. The first kappa shape index (κ1) is 14.2. The van der Waals surface area contributed by atoms with Crippen molar-refractivity contribution >= 4 is 23.1 Å². The predicted molar refractivity (Wildman–Crippen MR) is 80.8 cm³/mol. The van der Waals surface area contributed by atoms with Gasteiger partial charge < -0.3 is 5.32 Å². The van der Waals surface area contributed by atoms with Crippen LogP contribution in [0.25, 0.3) is 0 Å². The molecule has 0 atom stereocenters. The highest BCUT2D eigenvalue weighted by molar-refractivity contribution is 7.98. The number of nitro benzene ring substituents is 1. The van der Waals surface area contributed by atoms with Crippen molar-refractivity contribution in [3.05, 3.63) is 33.9 Å². The summed E-state index contributed by atoms with van der Waals surface area (Å²) in [5.41, 5.74) is 1.90. The third-order valence-corrected chi connectivity index (χ3v) is 4.87. The van der Waals surface area contributed by atoms with Crippen LogP contribution in [0.4, 0.5) is 11.4 Å². The number of thioether (sulfide) groups is 1. The second-order valence-electron chi connectivity index (χ2n) is 5.02. The molecule has 19 heavy (non-hydrogen) atoms. The standard InChI is InChI=1S/C14H20N2O2S/c1-15-13-8-12(6-7-14(13)16(17)18)10-19-9-11-4-2-3-5-11/h6-8,11,15H,2-5,9-10H2,1H3. The van der Waals surface area contributed by atoms with E-state index < -0.39 is 0 Å². The number of nitrogens with zero attached hydrogens (tertiary/aromatic N) is 1. The highest BCUT2D eigenvalue weighted by atomic mass is 32.2. The van der Waals surface area contributed by atoms with Crippen molar-refractivity contribution in [3.63, 3.8) is 0 Å². The van der Waals surface area contributed by atoms with Gasteiger partial charge in [0, 0.05) is 18.9 Å². The molecule has 0 spiro atoms. The van der Waals surface area contributed by atoms with Crippen LogP contribution in [-0.2, 0) is 5.75 Å². The summed E-state index contributed by atoms with van der Waals surface area (Å²) in [5, 5.41) is 13.7. The van der Waals surface area contributed by atoms with E-state index in [4.69, 9.17) is 0 Å². The van der Waals surface area contributed by atoms with Crippen molar-refractivity contribution in [3.8, 4) is 0 Å². The zero-order chi connectivity index (χ0) is 13.7. The monoisotopic (exact) mass is 280 g/mol. The molecule has 0 radical (unpaired) electrons. The van der Waals surface area contributed by atoms with Gasteiger partial charge in [0.05, 0.1) is 4.92 Å². The van der Waals surface area contributed by atoms with E-state index in [-0.39, 0.29) is 10.6 Å². The van der Waals surface area contributed by atoms with Crippen LogP contribution in [0.2, 0.25) is 0 Å². The van der Waals surface area contributed by atoms with Crippen molar-refractivity contribution in [2.45, 2.75) is 31.4 Å². The summed E-state index contributed by atoms with van der Waals surface area (Å²) in [6.07, 6.45) is 5.50. The van der Waals surface area contributed by atoms with Crippen molar-refractivity contribution in [2.24, 2.45) is 5.92 Å². The smallest absolute Gasteiger partial charge is 0.292 e. The Labute approximate surface area is 118 Å². The summed E-state index contributed by atoms with van der Waals surface area (Å²) in [6.45, 7) is 0. The van der Waals surface area contributed by atoms with Gasteiger partial charge in [0.1, 0.15) is 5.69 Å². The molecule has 0 heterocycles. The fourth-order valence-electron chi connectivity index (χ4n) is 2.55. The highest BCUT2D eigenvalue weighted by Gasteiger charge is 2.15. The van der Waals surface area contributed by atoms with Crippen molar-refractivity contribution < 1.29 is 4.92 Å². The minimum atomic E-state index is -0.346. The van der Waals surface area contributed by atoms with E-state index in [0.717, 1.165) is 17.2 Å². The molecule has 1 fully saturated rings. The summed E-state index contributed by atoms with van der Waals surface area (Å²) >= 11 is 1.94. The van der Waals surface area contributed by atoms with E-state index in [2.05, 4.69) is 5.32 Å². The van der Waals surface area contributed by atoms with Crippen molar-refractivity contribution in [2.75, 3.05) is 18.1 Å². The number of benzene rings is 1. The lowest BCUT2D eigenvalue weighted by Gasteiger charge is -2.09. The summed E-state index contributed by atoms with van der Waals surface area (Å²) in [4.78, 5) is 10.5. The largest absolute Gasteiger partial charge is 0.383 e. The number of anilines is 1. The molecule has 1 N–H and O–H groups in total. The minimum Gasteiger partial charge on any atom is -0.383 e. The molecule has 0 aromatic heterocycles. The first-order valence-corrected chi connectivity index (χ1v) is 7.89. The first-order valence-electron chi connectivity index (χ1n) is 6.73. The lowest BCUT2D eigenvalue weighted by Crippen LogP contribution is -1.99. The molecule has 4 nitrogen and oxygen atoms in total. The van der Waals surface area contributed by atoms with Gasteiger partial charge in [-0.2, -0.15) is 11.8 Å². The van der Waals surface area contributed by atoms with Crippen LogP contribution in [0, 0.1) is 16.0 Å². The molecule has 1 aromatic carbocycles. The fourth-order valence-corrected chi connectivity index (χ4v) is 3.75. The molecule has 0 bridgehead atoms. The van der Waals surface area contributed by atoms with Gasteiger partial charge in [0.25, 0.3) is 5.69 Å². The van der Waals surface area contributed by atoms with Gasteiger partial charge in [-0.3, -0.25) is 10.1 Å². The van der Waals surface area contributed by atoms with Gasteiger partial charge in [-0.15, -0.1) is 0 Å². The molecule has 0 saturated heterocycles. The van der Waals surface area contributed by atoms with E-state index in [9.17, 15) is 10.1 Å². The average Bonchev–Trinajstić information content (AvgIpc) is 2.91. The van der Waals surface area contributed by atoms with Crippen LogP contribution in [0.3, 0.4) is 0 Å². The summed E-state index contributed by atoms with van der Waals surface area (Å²) in [5.74, 6) is 3.03. The summed E-state index contributed by atoms with van der Waals surface area (Å²) in [7, 11) is 1.72. The number of rotatable bonds is 6. The van der Waals surface area contributed by atoms with E-state index in [0.29, 0.717) is 5.69 Å². The Morgan fingerprint density at radius 2 is 2.16 bits per heavy atom. The lowest BCUT2D eigenvalue weighted by molar-refractivity contribution is -0.383. The molecule has 1 aliphatic carbocycles.